The van der Waals surface area contributed by atoms with Crippen molar-refractivity contribution in [2.24, 2.45) is 0 Å². The summed E-state index contributed by atoms with van der Waals surface area (Å²) in [5.74, 6) is -0.977. The second kappa shape index (κ2) is 4.77. The Hall–Kier alpha value is -2.69. The summed E-state index contributed by atoms with van der Waals surface area (Å²) in [4.78, 5) is 12.2. The molecule has 3 aromatic rings. The number of aromatic amines is 1. The van der Waals surface area contributed by atoms with Gasteiger partial charge in [-0.3, -0.25) is 9.89 Å². The fourth-order valence-electron chi connectivity index (χ4n) is 2.09. The summed E-state index contributed by atoms with van der Waals surface area (Å²) in [5, 5.41) is 10.3. The van der Waals surface area contributed by atoms with Crippen LogP contribution in [-0.4, -0.2) is 16.1 Å². The van der Waals surface area contributed by atoms with Crippen LogP contribution in [0.5, 0.6) is 0 Å². The zero-order chi connectivity index (χ0) is 14.1. The maximum atomic E-state index is 13.9. The minimum Gasteiger partial charge on any atom is -0.320 e. The van der Waals surface area contributed by atoms with Gasteiger partial charge in [-0.2, -0.15) is 5.10 Å². The third kappa shape index (κ3) is 2.03. The minimum absolute atomic E-state index is 0.0292. The van der Waals surface area contributed by atoms with Crippen molar-refractivity contribution < 1.29 is 9.18 Å². The van der Waals surface area contributed by atoms with Crippen molar-refractivity contribution in [3.8, 4) is 0 Å². The van der Waals surface area contributed by atoms with Gasteiger partial charge in [0, 0.05) is 5.39 Å². The standard InChI is InChI=1S/C15H12FN3O/c1-9-4-2-6-11(13(9)16)15(20)18-12-7-3-5-10-8-17-19-14(10)12/h2-8H,1H3,(H,17,19)(H,18,20). The Morgan fingerprint density at radius 1 is 1.25 bits per heavy atom. The van der Waals surface area contributed by atoms with Gasteiger partial charge in [-0.15, -0.1) is 0 Å². The zero-order valence-electron chi connectivity index (χ0n) is 10.8. The number of carbonyl (C=O) groups is 1. The number of anilines is 1. The largest absolute Gasteiger partial charge is 0.320 e. The quantitative estimate of drug-likeness (QED) is 0.750. The van der Waals surface area contributed by atoms with Crippen molar-refractivity contribution in [3.05, 3.63) is 59.5 Å². The van der Waals surface area contributed by atoms with Gasteiger partial charge in [0.2, 0.25) is 0 Å². The van der Waals surface area contributed by atoms with Crippen LogP contribution in [0.4, 0.5) is 10.1 Å². The highest BCUT2D eigenvalue weighted by Gasteiger charge is 2.14. The van der Waals surface area contributed by atoms with Gasteiger partial charge >= 0.3 is 0 Å². The van der Waals surface area contributed by atoms with E-state index in [4.69, 9.17) is 0 Å². The number of hydrogen-bond acceptors (Lipinski definition) is 2. The summed E-state index contributed by atoms with van der Waals surface area (Å²) < 4.78 is 13.9. The summed E-state index contributed by atoms with van der Waals surface area (Å²) in [7, 11) is 0. The molecule has 0 bridgehead atoms. The van der Waals surface area contributed by atoms with Crippen LogP contribution in [-0.2, 0) is 0 Å². The highest BCUT2D eigenvalue weighted by molar-refractivity contribution is 6.08. The number of aryl methyl sites for hydroxylation is 1. The average molecular weight is 269 g/mol. The van der Waals surface area contributed by atoms with Gasteiger partial charge in [-0.1, -0.05) is 24.3 Å². The molecule has 0 radical (unpaired) electrons. The van der Waals surface area contributed by atoms with Crippen LogP contribution in [0, 0.1) is 12.7 Å². The molecule has 1 heterocycles. The normalized spacial score (nSPS) is 10.7. The number of para-hydroxylation sites is 1. The van der Waals surface area contributed by atoms with Crippen molar-refractivity contribution in [1.82, 2.24) is 10.2 Å². The number of nitrogens with one attached hydrogen (secondary N) is 2. The first kappa shape index (κ1) is 12.3. The number of halogens is 1. The summed E-state index contributed by atoms with van der Waals surface area (Å²) in [6.07, 6.45) is 1.66. The van der Waals surface area contributed by atoms with Crippen molar-refractivity contribution in [3.63, 3.8) is 0 Å². The van der Waals surface area contributed by atoms with E-state index >= 15 is 0 Å². The second-order valence-corrected chi connectivity index (χ2v) is 4.53. The van der Waals surface area contributed by atoms with Gasteiger partial charge in [0.25, 0.3) is 5.91 Å². The number of rotatable bonds is 2. The first-order valence-corrected chi connectivity index (χ1v) is 6.15. The van der Waals surface area contributed by atoms with E-state index in [1.807, 2.05) is 6.07 Å². The van der Waals surface area contributed by atoms with Crippen LogP contribution >= 0.6 is 0 Å². The zero-order valence-corrected chi connectivity index (χ0v) is 10.8. The number of fused-ring (bicyclic) bond motifs is 1. The molecular formula is C15H12FN3O. The van der Waals surface area contributed by atoms with Crippen molar-refractivity contribution in [1.29, 1.82) is 0 Å². The van der Waals surface area contributed by atoms with Crippen molar-refractivity contribution in [2.45, 2.75) is 6.92 Å². The molecule has 4 nitrogen and oxygen atoms in total. The Labute approximate surface area is 114 Å². The van der Waals surface area contributed by atoms with Gasteiger partial charge < -0.3 is 5.32 Å². The Morgan fingerprint density at radius 2 is 2.05 bits per heavy atom. The Bertz CT molecular complexity index is 795. The molecule has 100 valence electrons. The molecule has 0 unspecified atom stereocenters. The topological polar surface area (TPSA) is 57.8 Å². The Kier molecular flexibility index (Phi) is 2.95. The van der Waals surface area contributed by atoms with Crippen LogP contribution in [0.3, 0.4) is 0 Å². The molecule has 0 atom stereocenters. The third-order valence-electron chi connectivity index (χ3n) is 3.16. The predicted molar refractivity (Wildman–Crippen MR) is 75.2 cm³/mol. The molecule has 0 aliphatic heterocycles. The maximum absolute atomic E-state index is 13.9. The first-order valence-electron chi connectivity index (χ1n) is 6.15. The Morgan fingerprint density at radius 3 is 2.90 bits per heavy atom. The lowest BCUT2D eigenvalue weighted by molar-refractivity contribution is 0.102. The van der Waals surface area contributed by atoms with Gasteiger partial charge in [0.05, 0.1) is 23.0 Å². The average Bonchev–Trinajstić information content (AvgIpc) is 2.91. The highest BCUT2D eigenvalue weighted by atomic mass is 19.1. The first-order chi connectivity index (χ1) is 9.66. The number of aromatic nitrogens is 2. The number of amides is 1. The van der Waals surface area contributed by atoms with Crippen LogP contribution in [0.25, 0.3) is 10.9 Å². The molecule has 20 heavy (non-hydrogen) atoms. The fourth-order valence-corrected chi connectivity index (χ4v) is 2.09. The highest BCUT2D eigenvalue weighted by Crippen LogP contribution is 2.22. The molecule has 1 aromatic heterocycles. The molecular weight excluding hydrogens is 257 g/mol. The third-order valence-corrected chi connectivity index (χ3v) is 3.16. The van der Waals surface area contributed by atoms with Crippen LogP contribution < -0.4 is 5.32 Å². The molecule has 2 aromatic carbocycles. The molecule has 0 fully saturated rings. The molecule has 1 amide bonds. The SMILES string of the molecule is Cc1cccc(C(=O)Nc2cccc3cn[nH]c23)c1F. The van der Waals surface area contributed by atoms with Gasteiger partial charge in [-0.05, 0) is 24.6 Å². The molecule has 0 spiro atoms. The number of nitrogens with zero attached hydrogens (tertiary/aromatic N) is 1. The number of benzene rings is 2. The smallest absolute Gasteiger partial charge is 0.258 e. The Balaban J connectivity index is 1.97. The lowest BCUT2D eigenvalue weighted by atomic mass is 10.1. The van der Waals surface area contributed by atoms with Crippen LogP contribution in [0.2, 0.25) is 0 Å². The van der Waals surface area contributed by atoms with E-state index in [9.17, 15) is 9.18 Å². The lowest BCUT2D eigenvalue weighted by Crippen LogP contribution is -2.14. The lowest BCUT2D eigenvalue weighted by Gasteiger charge is -2.08. The second-order valence-electron chi connectivity index (χ2n) is 4.53. The molecule has 0 aliphatic carbocycles. The van der Waals surface area contributed by atoms with Gasteiger partial charge in [-0.25, -0.2) is 4.39 Å². The summed E-state index contributed by atoms with van der Waals surface area (Å²) >= 11 is 0. The van der Waals surface area contributed by atoms with E-state index in [2.05, 4.69) is 15.5 Å². The van der Waals surface area contributed by atoms with Gasteiger partial charge in [0.15, 0.2) is 0 Å². The predicted octanol–water partition coefficient (Wildman–Crippen LogP) is 3.26. The minimum atomic E-state index is -0.498. The number of H-pyrrole nitrogens is 1. The monoisotopic (exact) mass is 269 g/mol. The molecule has 0 aliphatic rings. The van der Waals surface area contributed by atoms with Crippen LogP contribution in [0.1, 0.15) is 15.9 Å². The molecule has 0 saturated heterocycles. The van der Waals surface area contributed by atoms with E-state index in [1.54, 1.807) is 37.4 Å². The number of carbonyl (C=O) groups excluding carboxylic acids is 1. The van der Waals surface area contributed by atoms with Crippen molar-refractivity contribution in [2.75, 3.05) is 5.32 Å². The fraction of sp³-hybridized carbons (Fsp3) is 0.0667. The molecule has 3 rings (SSSR count). The van der Waals surface area contributed by atoms with E-state index in [0.29, 0.717) is 16.8 Å². The van der Waals surface area contributed by atoms with E-state index in [1.165, 1.54) is 6.07 Å². The van der Waals surface area contributed by atoms with E-state index in [-0.39, 0.29) is 5.56 Å². The van der Waals surface area contributed by atoms with E-state index < -0.39 is 11.7 Å². The summed E-state index contributed by atoms with van der Waals surface area (Å²) in [6, 6.07) is 10.2. The maximum Gasteiger partial charge on any atom is 0.258 e. The summed E-state index contributed by atoms with van der Waals surface area (Å²) in [5.41, 5.74) is 1.76. The molecule has 2 N–H and O–H groups in total. The molecule has 0 saturated carbocycles. The van der Waals surface area contributed by atoms with E-state index in [0.717, 1.165) is 5.39 Å². The van der Waals surface area contributed by atoms with Crippen LogP contribution in [0.15, 0.2) is 42.6 Å². The number of hydrogen-bond donors (Lipinski definition) is 2. The summed E-state index contributed by atoms with van der Waals surface area (Å²) in [6.45, 7) is 1.63. The van der Waals surface area contributed by atoms with Crippen molar-refractivity contribution >= 4 is 22.5 Å². The van der Waals surface area contributed by atoms with Gasteiger partial charge in [0.1, 0.15) is 5.82 Å². The molecule has 5 heteroatoms.